The number of ether oxygens (including phenoxy) is 1. The van der Waals surface area contributed by atoms with Crippen LogP contribution in [0.5, 0.6) is 5.88 Å². The first-order chi connectivity index (χ1) is 7.72. The summed E-state index contributed by atoms with van der Waals surface area (Å²) in [5, 5.41) is 12.4. The van der Waals surface area contributed by atoms with E-state index in [2.05, 4.69) is 10.1 Å². The first-order valence-corrected chi connectivity index (χ1v) is 4.40. The molecule has 0 radical (unpaired) electrons. The molecule has 0 aromatic carbocycles. The van der Waals surface area contributed by atoms with Crippen LogP contribution in [-0.4, -0.2) is 28.3 Å². The fourth-order valence-corrected chi connectivity index (χ4v) is 1.26. The van der Waals surface area contributed by atoms with Gasteiger partial charge >= 0.3 is 5.97 Å². The number of aromatic nitrogens is 2. The fourth-order valence-electron chi connectivity index (χ4n) is 1.26. The fraction of sp³-hybridized carbons (Fsp3) is 0.100. The summed E-state index contributed by atoms with van der Waals surface area (Å²) >= 11 is 0. The van der Waals surface area contributed by atoms with Gasteiger partial charge in [0, 0.05) is 17.8 Å². The molecule has 0 fully saturated rings. The van der Waals surface area contributed by atoms with Crippen molar-refractivity contribution in [2.24, 2.45) is 0 Å². The van der Waals surface area contributed by atoms with Crippen LogP contribution in [0.1, 0.15) is 10.4 Å². The van der Waals surface area contributed by atoms with E-state index in [1.165, 1.54) is 13.3 Å². The average molecular weight is 220 g/mol. The van der Waals surface area contributed by atoms with E-state index < -0.39 is 5.97 Å². The molecule has 0 spiro atoms. The van der Waals surface area contributed by atoms with E-state index in [1.807, 2.05) is 0 Å². The Morgan fingerprint density at radius 2 is 2.38 bits per heavy atom. The number of rotatable bonds is 3. The third-order valence-electron chi connectivity index (χ3n) is 2.01. The molecule has 0 amide bonds. The molecule has 2 aromatic rings. The summed E-state index contributed by atoms with van der Waals surface area (Å²) in [7, 11) is 1.48. The van der Waals surface area contributed by atoms with E-state index in [1.54, 1.807) is 12.1 Å². The van der Waals surface area contributed by atoms with Crippen LogP contribution in [0, 0.1) is 0 Å². The van der Waals surface area contributed by atoms with E-state index in [-0.39, 0.29) is 11.3 Å². The normalized spacial score (nSPS) is 10.1. The van der Waals surface area contributed by atoms with E-state index in [4.69, 9.17) is 14.4 Å². The monoisotopic (exact) mass is 220 g/mol. The van der Waals surface area contributed by atoms with Gasteiger partial charge in [0.05, 0.1) is 13.3 Å². The highest BCUT2D eigenvalue weighted by atomic mass is 16.5. The molecular weight excluding hydrogens is 212 g/mol. The Hall–Kier alpha value is -2.37. The second-order valence-corrected chi connectivity index (χ2v) is 2.96. The van der Waals surface area contributed by atoms with Crippen LogP contribution in [-0.2, 0) is 0 Å². The summed E-state index contributed by atoms with van der Waals surface area (Å²) < 4.78 is 9.83. The summed E-state index contributed by atoms with van der Waals surface area (Å²) in [6.07, 6.45) is 2.66. The number of hydrogen-bond acceptors (Lipinski definition) is 5. The molecule has 2 heterocycles. The van der Waals surface area contributed by atoms with Gasteiger partial charge in [-0.25, -0.2) is 9.78 Å². The van der Waals surface area contributed by atoms with Crippen LogP contribution in [0.2, 0.25) is 0 Å². The molecule has 0 atom stereocenters. The summed E-state index contributed by atoms with van der Waals surface area (Å²) in [6.45, 7) is 0. The molecule has 2 rings (SSSR count). The lowest BCUT2D eigenvalue weighted by atomic mass is 10.1. The minimum atomic E-state index is -1.09. The molecule has 2 aromatic heterocycles. The number of carboxylic acid groups (broad SMARTS) is 1. The first kappa shape index (κ1) is 10.2. The Kier molecular flexibility index (Phi) is 2.55. The van der Waals surface area contributed by atoms with Crippen molar-refractivity contribution < 1.29 is 19.2 Å². The van der Waals surface area contributed by atoms with Gasteiger partial charge < -0.3 is 14.4 Å². The lowest BCUT2D eigenvalue weighted by molar-refractivity contribution is 0.0697. The van der Waals surface area contributed by atoms with Gasteiger partial charge in [-0.15, -0.1) is 0 Å². The quantitative estimate of drug-likeness (QED) is 0.842. The Morgan fingerprint density at radius 1 is 1.56 bits per heavy atom. The maximum Gasteiger partial charge on any atom is 0.341 e. The van der Waals surface area contributed by atoms with E-state index >= 15 is 0 Å². The number of pyridine rings is 1. The van der Waals surface area contributed by atoms with E-state index in [0.29, 0.717) is 11.4 Å². The molecule has 0 aliphatic carbocycles. The minimum absolute atomic E-state index is 0.00764. The predicted octanol–water partition coefficient (Wildman–Crippen LogP) is 1.44. The van der Waals surface area contributed by atoms with Gasteiger partial charge in [-0.3, -0.25) is 0 Å². The summed E-state index contributed by atoms with van der Waals surface area (Å²) in [5.74, 6) is -0.523. The minimum Gasteiger partial charge on any atom is -0.481 e. The SMILES string of the molecule is COc1cc(-c2oncc2C(=O)O)ccn1. The zero-order valence-electron chi connectivity index (χ0n) is 8.38. The van der Waals surface area contributed by atoms with Crippen molar-refractivity contribution in [2.75, 3.05) is 7.11 Å². The Labute approximate surface area is 90.5 Å². The van der Waals surface area contributed by atoms with Crippen LogP contribution in [0.25, 0.3) is 11.3 Å². The standard InChI is InChI=1S/C10H8N2O4/c1-15-8-4-6(2-3-11-8)9-7(10(13)14)5-12-16-9/h2-5H,1H3,(H,13,14). The molecule has 82 valence electrons. The van der Waals surface area contributed by atoms with Gasteiger partial charge in [-0.05, 0) is 6.07 Å². The van der Waals surface area contributed by atoms with Crippen molar-refractivity contribution in [2.45, 2.75) is 0 Å². The number of aromatic carboxylic acids is 1. The van der Waals surface area contributed by atoms with Crippen LogP contribution in [0.15, 0.2) is 29.0 Å². The molecule has 0 unspecified atom stereocenters. The zero-order chi connectivity index (χ0) is 11.5. The van der Waals surface area contributed by atoms with Crippen LogP contribution in [0.3, 0.4) is 0 Å². The van der Waals surface area contributed by atoms with Gasteiger partial charge in [0.1, 0.15) is 5.56 Å². The average Bonchev–Trinajstić information content (AvgIpc) is 2.78. The second-order valence-electron chi connectivity index (χ2n) is 2.96. The molecule has 0 bridgehead atoms. The van der Waals surface area contributed by atoms with Crippen molar-refractivity contribution >= 4 is 5.97 Å². The number of methoxy groups -OCH3 is 1. The lowest BCUT2D eigenvalue weighted by Gasteiger charge is -2.00. The molecule has 16 heavy (non-hydrogen) atoms. The van der Waals surface area contributed by atoms with Crippen LogP contribution in [0.4, 0.5) is 0 Å². The molecule has 1 N–H and O–H groups in total. The largest absolute Gasteiger partial charge is 0.481 e. The van der Waals surface area contributed by atoms with Crippen LogP contribution >= 0.6 is 0 Å². The molecule has 0 aliphatic rings. The molecular formula is C10H8N2O4. The third kappa shape index (κ3) is 1.72. The Balaban J connectivity index is 2.50. The smallest absolute Gasteiger partial charge is 0.341 e. The number of carbonyl (C=O) groups is 1. The zero-order valence-corrected chi connectivity index (χ0v) is 8.38. The maximum atomic E-state index is 10.9. The predicted molar refractivity (Wildman–Crippen MR) is 53.2 cm³/mol. The van der Waals surface area contributed by atoms with Crippen molar-refractivity contribution in [1.82, 2.24) is 10.1 Å². The first-order valence-electron chi connectivity index (χ1n) is 4.40. The molecule has 0 aliphatic heterocycles. The number of nitrogens with zero attached hydrogens (tertiary/aromatic N) is 2. The van der Waals surface area contributed by atoms with Crippen LogP contribution < -0.4 is 4.74 Å². The van der Waals surface area contributed by atoms with Gasteiger partial charge in [0.2, 0.25) is 5.88 Å². The lowest BCUT2D eigenvalue weighted by Crippen LogP contribution is -1.96. The number of carboxylic acids is 1. The molecule has 0 saturated carbocycles. The summed E-state index contributed by atoms with van der Waals surface area (Å²) in [6, 6.07) is 3.20. The van der Waals surface area contributed by atoms with E-state index in [0.717, 1.165) is 6.20 Å². The Morgan fingerprint density at radius 3 is 3.06 bits per heavy atom. The third-order valence-corrected chi connectivity index (χ3v) is 2.01. The van der Waals surface area contributed by atoms with Gasteiger partial charge in [0.25, 0.3) is 0 Å². The van der Waals surface area contributed by atoms with E-state index in [9.17, 15) is 4.79 Å². The molecule has 6 nitrogen and oxygen atoms in total. The summed E-state index contributed by atoms with van der Waals surface area (Å²) in [4.78, 5) is 14.8. The highest BCUT2D eigenvalue weighted by Crippen LogP contribution is 2.25. The van der Waals surface area contributed by atoms with Crippen molar-refractivity contribution in [3.8, 4) is 17.2 Å². The van der Waals surface area contributed by atoms with Crippen molar-refractivity contribution in [3.63, 3.8) is 0 Å². The molecule has 6 heteroatoms. The van der Waals surface area contributed by atoms with Crippen molar-refractivity contribution in [3.05, 3.63) is 30.1 Å². The van der Waals surface area contributed by atoms with Gasteiger partial charge in [0.15, 0.2) is 5.76 Å². The summed E-state index contributed by atoms with van der Waals surface area (Å²) in [5.41, 5.74) is 0.565. The Bertz CT molecular complexity index is 521. The number of hydrogen-bond donors (Lipinski definition) is 1. The topological polar surface area (TPSA) is 85.5 Å². The highest BCUT2D eigenvalue weighted by molar-refractivity contribution is 5.93. The van der Waals surface area contributed by atoms with Gasteiger partial charge in [-0.1, -0.05) is 5.16 Å². The second kappa shape index (κ2) is 4.01. The van der Waals surface area contributed by atoms with Crippen molar-refractivity contribution in [1.29, 1.82) is 0 Å². The highest BCUT2D eigenvalue weighted by Gasteiger charge is 2.17. The maximum absolute atomic E-state index is 10.9. The van der Waals surface area contributed by atoms with Gasteiger partial charge in [-0.2, -0.15) is 0 Å². The molecule has 0 saturated heterocycles.